The third-order valence-electron chi connectivity index (χ3n) is 5.69. The van der Waals surface area contributed by atoms with E-state index in [1.165, 1.54) is 0 Å². The summed E-state index contributed by atoms with van der Waals surface area (Å²) in [5.74, 6) is 0.254. The van der Waals surface area contributed by atoms with Crippen LogP contribution in [0.5, 0.6) is 0 Å². The van der Waals surface area contributed by atoms with Crippen molar-refractivity contribution in [3.63, 3.8) is 0 Å². The number of ether oxygens (including phenoxy) is 1. The molecule has 0 aromatic carbocycles. The van der Waals surface area contributed by atoms with Crippen molar-refractivity contribution in [1.29, 1.82) is 0 Å². The fraction of sp³-hybridized carbons (Fsp3) is 0.667. The highest BCUT2D eigenvalue weighted by Crippen LogP contribution is 2.40. The normalized spacial score (nSPS) is 24.0. The van der Waals surface area contributed by atoms with Gasteiger partial charge in [0.05, 0.1) is 18.0 Å². The topological polar surface area (TPSA) is 75.9 Å². The average molecular weight is 358 g/mol. The van der Waals surface area contributed by atoms with Crippen LogP contribution in [0.3, 0.4) is 0 Å². The van der Waals surface area contributed by atoms with E-state index in [1.807, 2.05) is 11.8 Å². The van der Waals surface area contributed by atoms with E-state index in [4.69, 9.17) is 4.74 Å². The molecule has 26 heavy (non-hydrogen) atoms. The molecule has 4 rings (SSSR count). The Morgan fingerprint density at radius 3 is 3.04 bits per heavy atom. The molecular formula is C18H26N6O2. The standard InChI is InChI=1S/C18H26N6O2/c1-14-10-15(17-20-19-13-24(17)21-14)22-7-3-5-18(11-22)6-4-16(25)23(12-18)8-9-26-2/h10,13H,3-9,11-12H2,1-2H3. The van der Waals surface area contributed by atoms with Crippen LogP contribution in [0.4, 0.5) is 5.69 Å². The first-order chi connectivity index (χ1) is 12.6. The van der Waals surface area contributed by atoms with Gasteiger partial charge in [0.25, 0.3) is 0 Å². The predicted molar refractivity (Wildman–Crippen MR) is 97.1 cm³/mol. The second-order valence-electron chi connectivity index (χ2n) is 7.60. The third-order valence-corrected chi connectivity index (χ3v) is 5.69. The molecule has 8 heteroatoms. The fourth-order valence-electron chi connectivity index (χ4n) is 4.42. The van der Waals surface area contributed by atoms with Crippen LogP contribution < -0.4 is 4.90 Å². The average Bonchev–Trinajstić information content (AvgIpc) is 3.10. The van der Waals surface area contributed by atoms with Crippen LogP contribution in [0.15, 0.2) is 12.4 Å². The van der Waals surface area contributed by atoms with Crippen LogP contribution in [0.25, 0.3) is 5.65 Å². The molecule has 2 aliphatic rings. The molecule has 1 unspecified atom stereocenters. The van der Waals surface area contributed by atoms with Gasteiger partial charge >= 0.3 is 0 Å². The maximum absolute atomic E-state index is 12.3. The molecule has 2 aromatic rings. The van der Waals surface area contributed by atoms with Crippen LogP contribution in [-0.4, -0.2) is 70.5 Å². The molecular weight excluding hydrogens is 332 g/mol. The lowest BCUT2D eigenvalue weighted by atomic mass is 9.73. The number of carbonyl (C=O) groups is 1. The van der Waals surface area contributed by atoms with E-state index < -0.39 is 0 Å². The first-order valence-corrected chi connectivity index (χ1v) is 9.30. The van der Waals surface area contributed by atoms with Crippen LogP contribution in [0, 0.1) is 12.3 Å². The zero-order valence-electron chi connectivity index (χ0n) is 15.5. The molecule has 1 amide bonds. The molecule has 4 heterocycles. The number of aryl methyl sites for hydroxylation is 1. The number of piperidine rings is 2. The number of carbonyl (C=O) groups excluding carboxylic acids is 1. The minimum atomic E-state index is 0.147. The smallest absolute Gasteiger partial charge is 0.222 e. The maximum atomic E-state index is 12.3. The molecule has 2 aromatic heterocycles. The summed E-state index contributed by atoms with van der Waals surface area (Å²) in [5, 5.41) is 12.7. The maximum Gasteiger partial charge on any atom is 0.222 e. The Labute approximate surface area is 153 Å². The van der Waals surface area contributed by atoms with Crippen molar-refractivity contribution in [3.05, 3.63) is 18.1 Å². The predicted octanol–water partition coefficient (Wildman–Crippen LogP) is 1.29. The summed E-state index contributed by atoms with van der Waals surface area (Å²) in [6.45, 7) is 6.03. The van der Waals surface area contributed by atoms with Crippen molar-refractivity contribution in [2.45, 2.75) is 32.6 Å². The van der Waals surface area contributed by atoms with Crippen molar-refractivity contribution in [3.8, 4) is 0 Å². The van der Waals surface area contributed by atoms with Crippen molar-refractivity contribution in [1.82, 2.24) is 24.7 Å². The zero-order chi connectivity index (χ0) is 18.1. The number of anilines is 1. The quantitative estimate of drug-likeness (QED) is 0.820. The van der Waals surface area contributed by atoms with Gasteiger partial charge in [0, 0.05) is 45.1 Å². The van der Waals surface area contributed by atoms with E-state index in [9.17, 15) is 4.79 Å². The van der Waals surface area contributed by atoms with Crippen LogP contribution in [-0.2, 0) is 9.53 Å². The Hall–Kier alpha value is -2.22. The lowest BCUT2D eigenvalue weighted by molar-refractivity contribution is -0.138. The lowest BCUT2D eigenvalue weighted by Crippen LogP contribution is -2.54. The first kappa shape index (κ1) is 17.2. The number of likely N-dealkylation sites (tertiary alicyclic amines) is 1. The largest absolute Gasteiger partial charge is 0.383 e. The molecule has 1 atom stereocenters. The van der Waals surface area contributed by atoms with Crippen molar-refractivity contribution in [2.75, 3.05) is 44.8 Å². The second kappa shape index (κ2) is 6.83. The summed E-state index contributed by atoms with van der Waals surface area (Å²) >= 11 is 0. The monoisotopic (exact) mass is 358 g/mol. The molecule has 1 spiro atoms. The summed E-state index contributed by atoms with van der Waals surface area (Å²) in [6, 6.07) is 2.10. The molecule has 2 aliphatic heterocycles. The Kier molecular flexibility index (Phi) is 4.52. The minimum absolute atomic E-state index is 0.147. The number of fused-ring (bicyclic) bond motifs is 1. The van der Waals surface area contributed by atoms with Gasteiger partial charge in [0.2, 0.25) is 11.6 Å². The van der Waals surface area contributed by atoms with E-state index in [0.29, 0.717) is 19.6 Å². The Bertz CT molecular complexity index is 806. The van der Waals surface area contributed by atoms with Gasteiger partial charge < -0.3 is 14.5 Å². The van der Waals surface area contributed by atoms with Gasteiger partial charge in [-0.25, -0.2) is 0 Å². The number of methoxy groups -OCH3 is 1. The molecule has 0 bridgehead atoms. The highest BCUT2D eigenvalue weighted by molar-refractivity contribution is 5.77. The number of aromatic nitrogens is 4. The van der Waals surface area contributed by atoms with E-state index in [1.54, 1.807) is 18.0 Å². The molecule has 0 aliphatic carbocycles. The van der Waals surface area contributed by atoms with Gasteiger partial charge in [0.15, 0.2) is 0 Å². The lowest BCUT2D eigenvalue weighted by Gasteiger charge is -2.48. The highest BCUT2D eigenvalue weighted by Gasteiger charge is 2.42. The molecule has 0 saturated carbocycles. The van der Waals surface area contributed by atoms with Gasteiger partial charge in [-0.3, -0.25) is 4.79 Å². The summed E-state index contributed by atoms with van der Waals surface area (Å²) < 4.78 is 6.93. The summed E-state index contributed by atoms with van der Waals surface area (Å²) in [6.07, 6.45) is 5.52. The van der Waals surface area contributed by atoms with Gasteiger partial charge in [-0.2, -0.15) is 9.61 Å². The van der Waals surface area contributed by atoms with Crippen molar-refractivity contribution in [2.24, 2.45) is 5.41 Å². The summed E-state index contributed by atoms with van der Waals surface area (Å²) in [5.41, 5.74) is 2.99. The molecule has 2 fully saturated rings. The molecule has 140 valence electrons. The van der Waals surface area contributed by atoms with Crippen LogP contribution in [0.1, 0.15) is 31.4 Å². The van der Waals surface area contributed by atoms with Crippen LogP contribution in [0.2, 0.25) is 0 Å². The Morgan fingerprint density at radius 2 is 2.19 bits per heavy atom. The van der Waals surface area contributed by atoms with Gasteiger partial charge in [-0.15, -0.1) is 10.2 Å². The second-order valence-corrected chi connectivity index (χ2v) is 7.60. The SMILES string of the molecule is COCCN1CC2(CCCN(c3cc(C)nn4cnnc34)C2)CCC1=O. The number of amides is 1. The number of rotatable bonds is 4. The van der Waals surface area contributed by atoms with Crippen molar-refractivity contribution < 1.29 is 9.53 Å². The molecule has 0 N–H and O–H groups in total. The van der Waals surface area contributed by atoms with Gasteiger partial charge in [0.1, 0.15) is 6.33 Å². The Morgan fingerprint density at radius 1 is 1.31 bits per heavy atom. The van der Waals surface area contributed by atoms with E-state index in [-0.39, 0.29) is 11.3 Å². The van der Waals surface area contributed by atoms with Gasteiger partial charge in [-0.1, -0.05) is 0 Å². The van der Waals surface area contributed by atoms with Gasteiger partial charge in [-0.05, 0) is 32.3 Å². The molecule has 0 radical (unpaired) electrons. The third kappa shape index (κ3) is 3.13. The first-order valence-electron chi connectivity index (χ1n) is 9.30. The number of hydrogen-bond donors (Lipinski definition) is 0. The zero-order valence-corrected chi connectivity index (χ0v) is 15.5. The Balaban J connectivity index is 1.59. The number of hydrogen-bond acceptors (Lipinski definition) is 6. The fourth-order valence-corrected chi connectivity index (χ4v) is 4.42. The van der Waals surface area contributed by atoms with E-state index >= 15 is 0 Å². The molecule has 8 nitrogen and oxygen atoms in total. The number of nitrogens with zero attached hydrogens (tertiary/aromatic N) is 6. The molecule has 2 saturated heterocycles. The minimum Gasteiger partial charge on any atom is -0.383 e. The summed E-state index contributed by atoms with van der Waals surface area (Å²) in [4.78, 5) is 16.7. The highest BCUT2D eigenvalue weighted by atomic mass is 16.5. The van der Waals surface area contributed by atoms with E-state index in [2.05, 4.69) is 26.3 Å². The summed E-state index contributed by atoms with van der Waals surface area (Å²) in [7, 11) is 1.68. The van der Waals surface area contributed by atoms with Crippen LogP contribution >= 0.6 is 0 Å². The van der Waals surface area contributed by atoms with E-state index in [0.717, 1.165) is 55.9 Å². The van der Waals surface area contributed by atoms with Crippen molar-refractivity contribution >= 4 is 17.2 Å².